The van der Waals surface area contributed by atoms with Gasteiger partial charge in [0.2, 0.25) is 0 Å². The van der Waals surface area contributed by atoms with Crippen LogP contribution < -0.4 is 9.64 Å². The highest BCUT2D eigenvalue weighted by atomic mass is 32.1. The Morgan fingerprint density at radius 1 is 1.07 bits per heavy atom. The van der Waals surface area contributed by atoms with E-state index in [2.05, 4.69) is 54.3 Å². The van der Waals surface area contributed by atoms with Gasteiger partial charge in [-0.25, -0.2) is 4.98 Å². The van der Waals surface area contributed by atoms with E-state index in [4.69, 9.17) is 14.5 Å². The van der Waals surface area contributed by atoms with Crippen LogP contribution in [0.3, 0.4) is 0 Å². The molecule has 27 heavy (non-hydrogen) atoms. The van der Waals surface area contributed by atoms with Gasteiger partial charge in [-0.3, -0.25) is 0 Å². The van der Waals surface area contributed by atoms with Crippen LogP contribution in [-0.2, 0) is 4.74 Å². The third-order valence-electron chi connectivity index (χ3n) is 4.82. The molecule has 1 aliphatic rings. The Bertz CT molecular complexity index is 931. The van der Waals surface area contributed by atoms with E-state index >= 15 is 0 Å². The fraction of sp³-hybridized carbons (Fsp3) is 0.318. The van der Waals surface area contributed by atoms with Crippen LogP contribution >= 0.6 is 11.3 Å². The third-order valence-corrected chi connectivity index (χ3v) is 6.02. The molecule has 0 amide bonds. The number of methoxy groups -OCH3 is 1. The lowest BCUT2D eigenvalue weighted by molar-refractivity contribution is 0.123. The highest BCUT2D eigenvalue weighted by Crippen LogP contribution is 2.45. The van der Waals surface area contributed by atoms with Gasteiger partial charge in [-0.2, -0.15) is 0 Å². The number of morpholine rings is 1. The lowest BCUT2D eigenvalue weighted by Crippen LogP contribution is -2.35. The van der Waals surface area contributed by atoms with Gasteiger partial charge in [0, 0.05) is 24.3 Å². The number of hydrogen-bond acceptors (Lipinski definition) is 5. The standard InChI is InChI=1S/C22H24N2O2S/c1-15-13-16(2)23-20(21(15)25-3)19-14-18(17-7-5-4-6-8-17)22(27-19)24-9-11-26-12-10-24/h4-8,13-14H,9-12H2,1-3H3. The van der Waals surface area contributed by atoms with Crippen molar-refractivity contribution >= 4 is 16.3 Å². The minimum absolute atomic E-state index is 0.770. The molecule has 4 rings (SSSR count). The van der Waals surface area contributed by atoms with Crippen molar-refractivity contribution in [1.29, 1.82) is 0 Å². The van der Waals surface area contributed by atoms with Crippen LogP contribution in [0.2, 0.25) is 0 Å². The first-order valence-electron chi connectivity index (χ1n) is 9.22. The minimum Gasteiger partial charge on any atom is -0.494 e. The van der Waals surface area contributed by atoms with E-state index < -0.39 is 0 Å². The Labute approximate surface area is 164 Å². The zero-order valence-electron chi connectivity index (χ0n) is 16.0. The molecular weight excluding hydrogens is 356 g/mol. The van der Waals surface area contributed by atoms with E-state index in [-0.39, 0.29) is 0 Å². The molecule has 1 aliphatic heterocycles. The molecule has 4 nitrogen and oxygen atoms in total. The van der Waals surface area contributed by atoms with Gasteiger partial charge in [0.05, 0.1) is 30.2 Å². The summed E-state index contributed by atoms with van der Waals surface area (Å²) in [5, 5.41) is 1.28. The largest absolute Gasteiger partial charge is 0.494 e. The summed E-state index contributed by atoms with van der Waals surface area (Å²) in [6.45, 7) is 7.48. The zero-order chi connectivity index (χ0) is 18.8. The molecule has 0 aliphatic carbocycles. The summed E-state index contributed by atoms with van der Waals surface area (Å²) in [6, 6.07) is 14.9. The number of hydrogen-bond donors (Lipinski definition) is 0. The van der Waals surface area contributed by atoms with E-state index in [0.29, 0.717) is 0 Å². The highest BCUT2D eigenvalue weighted by Gasteiger charge is 2.22. The van der Waals surface area contributed by atoms with Crippen molar-refractivity contribution in [1.82, 2.24) is 4.98 Å². The minimum atomic E-state index is 0.770. The second kappa shape index (κ2) is 7.71. The molecule has 140 valence electrons. The summed E-state index contributed by atoms with van der Waals surface area (Å²) >= 11 is 1.79. The fourth-order valence-electron chi connectivity index (χ4n) is 3.57. The number of anilines is 1. The van der Waals surface area contributed by atoms with Crippen molar-refractivity contribution in [3.63, 3.8) is 0 Å². The molecule has 0 spiro atoms. The van der Waals surface area contributed by atoms with Crippen molar-refractivity contribution in [2.45, 2.75) is 13.8 Å². The number of pyridine rings is 1. The molecule has 3 aromatic rings. The summed E-state index contributed by atoms with van der Waals surface area (Å²) in [5.41, 5.74) is 5.52. The molecule has 1 saturated heterocycles. The van der Waals surface area contributed by atoms with Crippen LogP contribution in [0.1, 0.15) is 11.3 Å². The van der Waals surface area contributed by atoms with Crippen LogP contribution in [0, 0.1) is 13.8 Å². The Balaban J connectivity index is 1.87. The van der Waals surface area contributed by atoms with Gasteiger partial charge in [0.1, 0.15) is 11.4 Å². The predicted octanol–water partition coefficient (Wildman–Crippen LogP) is 4.94. The molecule has 0 radical (unpaired) electrons. The summed E-state index contributed by atoms with van der Waals surface area (Å²) in [6.07, 6.45) is 0. The highest BCUT2D eigenvalue weighted by molar-refractivity contribution is 7.20. The molecule has 0 N–H and O–H groups in total. The normalized spacial score (nSPS) is 14.4. The summed E-state index contributed by atoms with van der Waals surface area (Å²) in [4.78, 5) is 8.37. The van der Waals surface area contributed by atoms with Crippen LogP contribution in [-0.4, -0.2) is 38.4 Å². The van der Waals surface area contributed by atoms with Gasteiger partial charge in [0.15, 0.2) is 0 Å². The third kappa shape index (κ3) is 3.57. The first kappa shape index (κ1) is 18.0. The van der Waals surface area contributed by atoms with Gasteiger partial charge >= 0.3 is 0 Å². The predicted molar refractivity (Wildman–Crippen MR) is 112 cm³/mol. The number of aromatic nitrogens is 1. The summed E-state index contributed by atoms with van der Waals surface area (Å²) < 4.78 is 11.3. The first-order chi connectivity index (χ1) is 13.2. The van der Waals surface area contributed by atoms with Gasteiger partial charge in [-0.15, -0.1) is 11.3 Å². The molecule has 1 aromatic carbocycles. The SMILES string of the molecule is COc1c(C)cc(C)nc1-c1cc(-c2ccccc2)c(N2CCOCC2)s1. The number of rotatable bonds is 4. The molecule has 0 bridgehead atoms. The molecule has 3 heterocycles. The second-order valence-electron chi connectivity index (χ2n) is 6.76. The van der Waals surface area contributed by atoms with Crippen molar-refractivity contribution in [3.8, 4) is 27.4 Å². The van der Waals surface area contributed by atoms with Crippen molar-refractivity contribution < 1.29 is 9.47 Å². The molecule has 0 atom stereocenters. The van der Waals surface area contributed by atoms with E-state index in [0.717, 1.165) is 53.9 Å². The fourth-order valence-corrected chi connectivity index (χ4v) is 4.79. The molecule has 0 unspecified atom stereocenters. The number of thiophene rings is 1. The smallest absolute Gasteiger partial charge is 0.148 e. The van der Waals surface area contributed by atoms with Crippen LogP contribution in [0.25, 0.3) is 21.7 Å². The first-order valence-corrected chi connectivity index (χ1v) is 10.0. The lowest BCUT2D eigenvalue weighted by Gasteiger charge is -2.28. The van der Waals surface area contributed by atoms with Crippen LogP contribution in [0.5, 0.6) is 5.75 Å². The lowest BCUT2D eigenvalue weighted by atomic mass is 10.1. The maximum absolute atomic E-state index is 5.70. The van der Waals surface area contributed by atoms with Gasteiger partial charge < -0.3 is 14.4 Å². The summed E-state index contributed by atoms with van der Waals surface area (Å²) in [7, 11) is 1.72. The van der Waals surface area contributed by atoms with Gasteiger partial charge in [-0.05, 0) is 37.1 Å². The molecule has 1 fully saturated rings. The Morgan fingerprint density at radius 2 is 1.81 bits per heavy atom. The van der Waals surface area contributed by atoms with Crippen LogP contribution in [0.4, 0.5) is 5.00 Å². The van der Waals surface area contributed by atoms with Crippen LogP contribution in [0.15, 0.2) is 42.5 Å². The Kier molecular flexibility index (Phi) is 5.14. The monoisotopic (exact) mass is 380 g/mol. The van der Waals surface area contributed by atoms with Crippen molar-refractivity contribution in [2.75, 3.05) is 38.3 Å². The van der Waals surface area contributed by atoms with E-state index in [1.165, 1.54) is 16.1 Å². The molecule has 5 heteroatoms. The number of benzene rings is 1. The molecule has 2 aromatic heterocycles. The zero-order valence-corrected chi connectivity index (χ0v) is 16.8. The second-order valence-corrected chi connectivity index (χ2v) is 7.79. The average molecular weight is 381 g/mol. The van der Waals surface area contributed by atoms with Gasteiger partial charge in [-0.1, -0.05) is 30.3 Å². The molecular formula is C22H24N2O2S. The van der Waals surface area contributed by atoms with E-state index in [9.17, 15) is 0 Å². The average Bonchev–Trinajstić information content (AvgIpc) is 3.14. The maximum Gasteiger partial charge on any atom is 0.148 e. The quantitative estimate of drug-likeness (QED) is 0.642. The topological polar surface area (TPSA) is 34.6 Å². The Hall–Kier alpha value is -2.37. The maximum atomic E-state index is 5.70. The number of aryl methyl sites for hydroxylation is 2. The molecule has 0 saturated carbocycles. The number of ether oxygens (including phenoxy) is 2. The van der Waals surface area contributed by atoms with Gasteiger partial charge in [0.25, 0.3) is 0 Å². The Morgan fingerprint density at radius 3 is 2.52 bits per heavy atom. The van der Waals surface area contributed by atoms with E-state index in [1.54, 1.807) is 18.4 Å². The van der Waals surface area contributed by atoms with Crippen molar-refractivity contribution in [3.05, 3.63) is 53.7 Å². The number of nitrogens with zero attached hydrogens (tertiary/aromatic N) is 2. The van der Waals surface area contributed by atoms with E-state index in [1.807, 2.05) is 6.92 Å². The summed E-state index contributed by atoms with van der Waals surface area (Å²) in [5.74, 6) is 0.856. The van der Waals surface area contributed by atoms with Crippen molar-refractivity contribution in [2.24, 2.45) is 0 Å².